The third-order valence-electron chi connectivity index (χ3n) is 7.27. The van der Waals surface area contributed by atoms with E-state index in [9.17, 15) is 9.90 Å². The van der Waals surface area contributed by atoms with Gasteiger partial charge in [-0.25, -0.2) is 9.36 Å². The van der Waals surface area contributed by atoms with Gasteiger partial charge in [-0.2, -0.15) is 0 Å². The second-order valence-electron chi connectivity index (χ2n) is 9.07. The molecular formula is C30H18N2O3. The molecule has 3 heterocycles. The van der Waals surface area contributed by atoms with Gasteiger partial charge in [-0.3, -0.25) is 4.79 Å². The molecule has 5 nitrogen and oxygen atoms in total. The van der Waals surface area contributed by atoms with Crippen LogP contribution in [0.25, 0.3) is 60.4 Å². The molecule has 0 saturated heterocycles. The van der Waals surface area contributed by atoms with Gasteiger partial charge in [-0.1, -0.05) is 66.7 Å². The van der Waals surface area contributed by atoms with E-state index in [0.717, 1.165) is 60.6 Å². The summed E-state index contributed by atoms with van der Waals surface area (Å²) in [7, 11) is 0. The molecule has 2 aromatic heterocycles. The van der Waals surface area contributed by atoms with E-state index in [4.69, 9.17) is 4.42 Å². The smallest absolute Gasteiger partial charge is 0.277 e. The fraction of sp³-hybridized carbons (Fsp3) is 0.0333. The number of benzene rings is 5. The summed E-state index contributed by atoms with van der Waals surface area (Å²) >= 11 is 0. The second-order valence-corrected chi connectivity index (χ2v) is 9.07. The van der Waals surface area contributed by atoms with Crippen LogP contribution in [0, 0.1) is 0 Å². The SMILES string of the molecule is O=c1c2ccccc2n2n1C(O)c1ccc(-c3cccc4c3ccc3c5ccccc5oc43)cc1-2. The largest absolute Gasteiger partial charge is 0.455 e. The first kappa shape index (κ1) is 18.8. The number of aliphatic hydroxyl groups is 1. The minimum atomic E-state index is -1.01. The van der Waals surface area contributed by atoms with Crippen molar-refractivity contribution in [3.05, 3.63) is 113 Å². The maximum atomic E-state index is 13.0. The van der Waals surface area contributed by atoms with Crippen LogP contribution in [-0.2, 0) is 0 Å². The Hall–Kier alpha value is -4.61. The Balaban J connectivity index is 1.40. The molecule has 0 amide bonds. The zero-order valence-corrected chi connectivity index (χ0v) is 18.5. The van der Waals surface area contributed by atoms with Crippen molar-refractivity contribution in [2.75, 3.05) is 0 Å². The maximum Gasteiger partial charge on any atom is 0.277 e. The molecule has 7 aromatic rings. The molecule has 1 atom stereocenters. The molecule has 1 aliphatic rings. The first-order valence-electron chi connectivity index (χ1n) is 11.6. The quantitative estimate of drug-likeness (QED) is 0.314. The van der Waals surface area contributed by atoms with Crippen LogP contribution in [0.1, 0.15) is 11.8 Å². The summed E-state index contributed by atoms with van der Waals surface area (Å²) in [6.07, 6.45) is -1.01. The summed E-state index contributed by atoms with van der Waals surface area (Å²) in [5.74, 6) is 0. The Bertz CT molecular complexity index is 2060. The monoisotopic (exact) mass is 454 g/mol. The van der Waals surface area contributed by atoms with Gasteiger partial charge in [-0.05, 0) is 46.8 Å². The number of rotatable bonds is 1. The Labute approximate surface area is 198 Å². The molecule has 1 aliphatic heterocycles. The number of aliphatic hydroxyl groups excluding tert-OH is 1. The van der Waals surface area contributed by atoms with Gasteiger partial charge >= 0.3 is 0 Å². The molecule has 0 aliphatic carbocycles. The van der Waals surface area contributed by atoms with Crippen LogP contribution >= 0.6 is 0 Å². The minimum Gasteiger partial charge on any atom is -0.455 e. The number of aromatic nitrogens is 2. The molecule has 1 N–H and O–H groups in total. The molecule has 0 saturated carbocycles. The van der Waals surface area contributed by atoms with Crippen LogP contribution in [0.2, 0.25) is 0 Å². The molecule has 35 heavy (non-hydrogen) atoms. The highest BCUT2D eigenvalue weighted by Crippen LogP contribution is 2.40. The molecular weight excluding hydrogens is 436 g/mol. The fourth-order valence-corrected chi connectivity index (χ4v) is 5.67. The number of hydrogen-bond donors (Lipinski definition) is 1. The molecule has 166 valence electrons. The standard InChI is InChI=1S/C30H18N2O3/c33-29-23-7-1-3-10-25(23)31-26-16-17(12-13-24(26)30(34)32(29)31)18-8-5-9-21-19(18)14-15-22-20-6-2-4-11-27(20)35-28(21)22/h1-16,30,34H. The lowest BCUT2D eigenvalue weighted by Crippen LogP contribution is -2.21. The third kappa shape index (κ3) is 2.32. The van der Waals surface area contributed by atoms with Gasteiger partial charge in [0.25, 0.3) is 5.56 Å². The lowest BCUT2D eigenvalue weighted by Gasteiger charge is -2.10. The van der Waals surface area contributed by atoms with Crippen molar-refractivity contribution in [1.29, 1.82) is 0 Å². The summed E-state index contributed by atoms with van der Waals surface area (Å²) < 4.78 is 9.53. The molecule has 0 spiro atoms. The lowest BCUT2D eigenvalue weighted by atomic mass is 9.95. The van der Waals surface area contributed by atoms with Gasteiger partial charge < -0.3 is 9.52 Å². The van der Waals surface area contributed by atoms with E-state index in [0.29, 0.717) is 5.39 Å². The van der Waals surface area contributed by atoms with Crippen molar-refractivity contribution in [1.82, 2.24) is 9.36 Å². The fourth-order valence-electron chi connectivity index (χ4n) is 5.67. The average Bonchev–Trinajstić information content (AvgIpc) is 3.53. The number of nitrogens with zero attached hydrogens (tertiary/aromatic N) is 2. The molecule has 0 radical (unpaired) electrons. The van der Waals surface area contributed by atoms with E-state index >= 15 is 0 Å². The van der Waals surface area contributed by atoms with Crippen LogP contribution in [0.3, 0.4) is 0 Å². The molecule has 0 fully saturated rings. The van der Waals surface area contributed by atoms with E-state index in [-0.39, 0.29) is 5.56 Å². The zero-order valence-electron chi connectivity index (χ0n) is 18.5. The lowest BCUT2D eigenvalue weighted by molar-refractivity contribution is 0.135. The summed E-state index contributed by atoms with van der Waals surface area (Å²) in [6.45, 7) is 0. The van der Waals surface area contributed by atoms with Crippen LogP contribution in [0.5, 0.6) is 0 Å². The highest BCUT2D eigenvalue weighted by Gasteiger charge is 2.31. The van der Waals surface area contributed by atoms with E-state index in [1.165, 1.54) is 4.68 Å². The third-order valence-corrected chi connectivity index (χ3v) is 7.27. The number of fused-ring (bicyclic) bond motifs is 10. The number of para-hydroxylation sites is 2. The van der Waals surface area contributed by atoms with Crippen LogP contribution in [0.15, 0.2) is 106 Å². The average molecular weight is 454 g/mol. The van der Waals surface area contributed by atoms with E-state index < -0.39 is 6.23 Å². The number of hydrogen-bond acceptors (Lipinski definition) is 3. The number of furan rings is 1. The summed E-state index contributed by atoms with van der Waals surface area (Å²) in [6, 6.07) is 32.1. The first-order valence-corrected chi connectivity index (χ1v) is 11.6. The molecule has 8 rings (SSSR count). The Morgan fingerprint density at radius 3 is 2.37 bits per heavy atom. The van der Waals surface area contributed by atoms with Crippen molar-refractivity contribution in [2.24, 2.45) is 0 Å². The second kappa shape index (κ2) is 6.50. The Kier molecular flexibility index (Phi) is 3.48. The van der Waals surface area contributed by atoms with Gasteiger partial charge in [0, 0.05) is 21.7 Å². The maximum absolute atomic E-state index is 13.0. The van der Waals surface area contributed by atoms with Crippen molar-refractivity contribution in [3.63, 3.8) is 0 Å². The Morgan fingerprint density at radius 1 is 0.714 bits per heavy atom. The van der Waals surface area contributed by atoms with E-state index in [1.54, 1.807) is 6.07 Å². The highest BCUT2D eigenvalue weighted by molar-refractivity contribution is 6.17. The molecule has 5 heteroatoms. The Morgan fingerprint density at radius 2 is 1.46 bits per heavy atom. The molecule has 5 aromatic carbocycles. The van der Waals surface area contributed by atoms with Crippen molar-refractivity contribution in [2.45, 2.75) is 6.23 Å². The highest BCUT2D eigenvalue weighted by atomic mass is 16.3. The summed E-state index contributed by atoms with van der Waals surface area (Å²) in [4.78, 5) is 13.0. The van der Waals surface area contributed by atoms with Gasteiger partial charge in [0.15, 0.2) is 6.23 Å². The van der Waals surface area contributed by atoms with Crippen LogP contribution in [-0.4, -0.2) is 14.5 Å². The van der Waals surface area contributed by atoms with Crippen LogP contribution in [0.4, 0.5) is 0 Å². The van der Waals surface area contributed by atoms with E-state index in [1.807, 2.05) is 59.3 Å². The van der Waals surface area contributed by atoms with Crippen LogP contribution < -0.4 is 5.56 Å². The van der Waals surface area contributed by atoms with Gasteiger partial charge in [0.1, 0.15) is 11.2 Å². The summed E-state index contributed by atoms with van der Waals surface area (Å²) in [5, 5.41) is 15.9. The molecule has 0 bridgehead atoms. The normalized spacial score (nSPS) is 14.8. The van der Waals surface area contributed by atoms with Gasteiger partial charge in [0.05, 0.1) is 16.6 Å². The van der Waals surface area contributed by atoms with Crippen molar-refractivity contribution >= 4 is 43.6 Å². The predicted molar refractivity (Wildman–Crippen MR) is 138 cm³/mol. The van der Waals surface area contributed by atoms with E-state index in [2.05, 4.69) is 36.4 Å². The first-order chi connectivity index (χ1) is 17.2. The van der Waals surface area contributed by atoms with Crippen molar-refractivity contribution < 1.29 is 9.52 Å². The van der Waals surface area contributed by atoms with Gasteiger partial charge in [-0.15, -0.1) is 0 Å². The topological polar surface area (TPSA) is 60.3 Å². The zero-order chi connectivity index (χ0) is 23.3. The van der Waals surface area contributed by atoms with Crippen molar-refractivity contribution in [3.8, 4) is 16.8 Å². The molecule has 1 unspecified atom stereocenters. The summed E-state index contributed by atoms with van der Waals surface area (Å²) in [5.41, 5.74) is 5.97. The predicted octanol–water partition coefficient (Wildman–Crippen LogP) is 6.36. The minimum absolute atomic E-state index is 0.191. The van der Waals surface area contributed by atoms with Gasteiger partial charge in [0.2, 0.25) is 0 Å².